The minimum atomic E-state index is -0.874. The van der Waals surface area contributed by atoms with Crippen molar-refractivity contribution in [1.82, 2.24) is 19.7 Å². The number of benzene rings is 2. The highest BCUT2D eigenvalue weighted by molar-refractivity contribution is 5.92. The molecule has 0 spiro atoms. The highest BCUT2D eigenvalue weighted by atomic mass is 16.5. The van der Waals surface area contributed by atoms with Gasteiger partial charge in [-0.05, 0) is 36.8 Å². The zero-order valence-electron chi connectivity index (χ0n) is 15.1. The molecule has 0 aliphatic carbocycles. The Kier molecular flexibility index (Phi) is 5.61. The van der Waals surface area contributed by atoms with Gasteiger partial charge in [-0.15, -0.1) is 0 Å². The molecular formula is C20H20N4O3. The van der Waals surface area contributed by atoms with E-state index < -0.39 is 12.1 Å². The molecule has 0 saturated heterocycles. The number of carbonyl (C=O) groups is 2. The molecule has 0 unspecified atom stereocenters. The molecule has 27 heavy (non-hydrogen) atoms. The van der Waals surface area contributed by atoms with Crippen LogP contribution in [0.2, 0.25) is 0 Å². The van der Waals surface area contributed by atoms with E-state index in [0.717, 1.165) is 11.3 Å². The number of aromatic nitrogens is 3. The lowest BCUT2D eigenvalue weighted by Crippen LogP contribution is -2.37. The second-order valence-electron chi connectivity index (χ2n) is 6.11. The number of likely N-dealkylation sites (N-methyl/N-ethyl adjacent to an activating group) is 1. The largest absolute Gasteiger partial charge is 0.449 e. The number of carbonyl (C=O) groups excluding carboxylic acids is 2. The summed E-state index contributed by atoms with van der Waals surface area (Å²) in [5, 5.41) is 4.03. The van der Waals surface area contributed by atoms with Crippen molar-refractivity contribution in [2.75, 3.05) is 7.05 Å². The van der Waals surface area contributed by atoms with Gasteiger partial charge in [0.05, 0.1) is 11.3 Å². The second-order valence-corrected chi connectivity index (χ2v) is 6.11. The Bertz CT molecular complexity index is 893. The number of nitrogens with zero attached hydrogens (tertiary/aromatic N) is 4. The first-order valence-electron chi connectivity index (χ1n) is 8.49. The van der Waals surface area contributed by atoms with E-state index in [1.165, 1.54) is 6.33 Å². The molecule has 7 heteroatoms. The molecule has 7 nitrogen and oxygen atoms in total. The van der Waals surface area contributed by atoms with Gasteiger partial charge in [0.1, 0.15) is 12.7 Å². The first kappa shape index (κ1) is 18.3. The monoisotopic (exact) mass is 364 g/mol. The minimum absolute atomic E-state index is 0.258. The fourth-order valence-electron chi connectivity index (χ4n) is 2.62. The van der Waals surface area contributed by atoms with Gasteiger partial charge in [-0.3, -0.25) is 4.79 Å². The van der Waals surface area contributed by atoms with E-state index in [1.807, 2.05) is 30.3 Å². The lowest BCUT2D eigenvalue weighted by atomic mass is 10.2. The standard InChI is InChI=1S/C20H20N4O3/c1-15(19(25)23(2)12-16-6-4-3-5-7-16)27-20(26)17-8-10-18(11-9-17)24-14-21-13-22-24/h3-11,13-15H,12H2,1-2H3/t15-/m1/s1. The maximum atomic E-state index is 12.5. The van der Waals surface area contributed by atoms with E-state index in [0.29, 0.717) is 12.1 Å². The molecule has 1 heterocycles. The Morgan fingerprint density at radius 3 is 2.44 bits per heavy atom. The van der Waals surface area contributed by atoms with Crippen LogP contribution < -0.4 is 0 Å². The zero-order chi connectivity index (χ0) is 19.2. The van der Waals surface area contributed by atoms with Crippen molar-refractivity contribution in [3.8, 4) is 5.69 Å². The lowest BCUT2D eigenvalue weighted by molar-refractivity contribution is -0.139. The molecule has 0 saturated carbocycles. The predicted octanol–water partition coefficient (Wildman–Crippen LogP) is 2.47. The molecule has 0 fully saturated rings. The van der Waals surface area contributed by atoms with E-state index in [4.69, 9.17) is 4.74 Å². The predicted molar refractivity (Wildman–Crippen MR) is 99.2 cm³/mol. The molecule has 0 bridgehead atoms. The Morgan fingerprint density at radius 1 is 1.11 bits per heavy atom. The summed E-state index contributed by atoms with van der Waals surface area (Å²) in [6.45, 7) is 2.03. The summed E-state index contributed by atoms with van der Waals surface area (Å²) in [5.41, 5.74) is 2.15. The summed E-state index contributed by atoms with van der Waals surface area (Å²) in [4.78, 5) is 30.2. The van der Waals surface area contributed by atoms with Crippen LogP contribution in [-0.2, 0) is 16.1 Å². The molecule has 138 valence electrons. The quantitative estimate of drug-likeness (QED) is 0.628. The van der Waals surface area contributed by atoms with Crippen molar-refractivity contribution in [2.45, 2.75) is 19.6 Å². The van der Waals surface area contributed by atoms with Crippen molar-refractivity contribution in [3.63, 3.8) is 0 Å². The van der Waals surface area contributed by atoms with Crippen LogP contribution in [0, 0.1) is 0 Å². The van der Waals surface area contributed by atoms with E-state index >= 15 is 0 Å². The molecule has 0 N–H and O–H groups in total. The van der Waals surface area contributed by atoms with Gasteiger partial charge >= 0.3 is 5.97 Å². The maximum absolute atomic E-state index is 12.5. The molecule has 1 amide bonds. The molecule has 0 aliphatic heterocycles. The van der Waals surface area contributed by atoms with Crippen LogP contribution in [-0.4, -0.2) is 44.7 Å². The summed E-state index contributed by atoms with van der Waals surface area (Å²) in [5.74, 6) is -0.805. The third-order valence-electron chi connectivity index (χ3n) is 4.06. The molecule has 3 aromatic rings. The molecule has 0 aliphatic rings. The first-order valence-corrected chi connectivity index (χ1v) is 8.49. The average molecular weight is 364 g/mol. The van der Waals surface area contributed by atoms with Crippen molar-refractivity contribution in [1.29, 1.82) is 0 Å². The Labute approximate surface area is 157 Å². The summed E-state index contributed by atoms with van der Waals surface area (Å²) in [6.07, 6.45) is 2.12. The fraction of sp³-hybridized carbons (Fsp3) is 0.200. The smallest absolute Gasteiger partial charge is 0.338 e. The van der Waals surface area contributed by atoms with E-state index in [-0.39, 0.29) is 5.91 Å². The summed E-state index contributed by atoms with van der Waals surface area (Å²) < 4.78 is 6.91. The number of ether oxygens (including phenoxy) is 1. The molecule has 1 aromatic heterocycles. The average Bonchev–Trinajstić information content (AvgIpc) is 3.23. The third-order valence-corrected chi connectivity index (χ3v) is 4.06. The summed E-state index contributed by atoms with van der Waals surface area (Å²) >= 11 is 0. The van der Waals surface area contributed by atoms with Gasteiger partial charge in [0, 0.05) is 13.6 Å². The highest BCUT2D eigenvalue weighted by Gasteiger charge is 2.22. The van der Waals surface area contributed by atoms with Gasteiger partial charge in [0.25, 0.3) is 5.91 Å². The molecule has 3 rings (SSSR count). The van der Waals surface area contributed by atoms with E-state index in [9.17, 15) is 9.59 Å². The molecule has 0 radical (unpaired) electrons. The summed E-state index contributed by atoms with van der Waals surface area (Å²) in [6, 6.07) is 16.4. The topological polar surface area (TPSA) is 77.3 Å². The van der Waals surface area contributed by atoms with E-state index in [1.54, 1.807) is 54.1 Å². The lowest BCUT2D eigenvalue weighted by Gasteiger charge is -2.21. The summed E-state index contributed by atoms with van der Waals surface area (Å²) in [7, 11) is 1.69. The fourth-order valence-corrected chi connectivity index (χ4v) is 2.62. The number of hydrogen-bond acceptors (Lipinski definition) is 5. The van der Waals surface area contributed by atoms with Crippen molar-refractivity contribution < 1.29 is 14.3 Å². The van der Waals surface area contributed by atoms with Gasteiger partial charge in [-0.25, -0.2) is 14.5 Å². The highest BCUT2D eigenvalue weighted by Crippen LogP contribution is 2.11. The normalized spacial score (nSPS) is 11.6. The van der Waals surface area contributed by atoms with Crippen LogP contribution in [0.15, 0.2) is 67.3 Å². The SMILES string of the molecule is C[C@@H](OC(=O)c1ccc(-n2cncn2)cc1)C(=O)N(C)Cc1ccccc1. The van der Waals surface area contributed by atoms with Gasteiger partial charge in [-0.1, -0.05) is 30.3 Å². The first-order chi connectivity index (χ1) is 13.0. The minimum Gasteiger partial charge on any atom is -0.449 e. The number of esters is 1. The van der Waals surface area contributed by atoms with Gasteiger partial charge in [0.15, 0.2) is 6.10 Å². The van der Waals surface area contributed by atoms with Crippen LogP contribution in [0.25, 0.3) is 5.69 Å². The van der Waals surface area contributed by atoms with Crippen molar-refractivity contribution >= 4 is 11.9 Å². The third kappa shape index (κ3) is 4.58. The van der Waals surface area contributed by atoms with Crippen LogP contribution in [0.5, 0.6) is 0 Å². The number of rotatable bonds is 6. The van der Waals surface area contributed by atoms with Gasteiger partial charge < -0.3 is 9.64 Å². The van der Waals surface area contributed by atoms with Crippen LogP contribution in [0.1, 0.15) is 22.8 Å². The van der Waals surface area contributed by atoms with Crippen molar-refractivity contribution in [2.24, 2.45) is 0 Å². The Balaban J connectivity index is 1.58. The van der Waals surface area contributed by atoms with Crippen LogP contribution in [0.3, 0.4) is 0 Å². The maximum Gasteiger partial charge on any atom is 0.338 e. The second kappa shape index (κ2) is 8.27. The molecular weight excluding hydrogens is 344 g/mol. The molecule has 1 atom stereocenters. The van der Waals surface area contributed by atoms with Crippen LogP contribution >= 0.6 is 0 Å². The van der Waals surface area contributed by atoms with Gasteiger partial charge in [0.2, 0.25) is 0 Å². The van der Waals surface area contributed by atoms with Gasteiger partial charge in [-0.2, -0.15) is 5.10 Å². The van der Waals surface area contributed by atoms with E-state index in [2.05, 4.69) is 10.1 Å². The Morgan fingerprint density at radius 2 is 1.81 bits per heavy atom. The van der Waals surface area contributed by atoms with Crippen molar-refractivity contribution in [3.05, 3.63) is 78.4 Å². The van der Waals surface area contributed by atoms with Crippen LogP contribution in [0.4, 0.5) is 0 Å². The molecule has 2 aromatic carbocycles. The Hall–Kier alpha value is -3.48. The number of amides is 1. The number of hydrogen-bond donors (Lipinski definition) is 0. The zero-order valence-corrected chi connectivity index (χ0v) is 15.1.